The Morgan fingerprint density at radius 1 is 1.15 bits per heavy atom. The van der Waals surface area contributed by atoms with Gasteiger partial charge in [0.15, 0.2) is 11.6 Å². The first-order valence-corrected chi connectivity index (χ1v) is 11.3. The van der Waals surface area contributed by atoms with E-state index in [2.05, 4.69) is 9.97 Å². The predicted octanol–water partition coefficient (Wildman–Crippen LogP) is 4.71. The molecule has 6 nitrogen and oxygen atoms in total. The van der Waals surface area contributed by atoms with Crippen LogP contribution in [0.15, 0.2) is 42.7 Å². The van der Waals surface area contributed by atoms with E-state index in [9.17, 15) is 18.4 Å². The minimum Gasteiger partial charge on any atom is -0.455 e. The molecule has 0 spiro atoms. The number of benzene rings is 1. The fourth-order valence-corrected chi connectivity index (χ4v) is 5.55. The summed E-state index contributed by atoms with van der Waals surface area (Å²) in [7, 11) is 0. The average molecular weight is 463 g/mol. The summed E-state index contributed by atoms with van der Waals surface area (Å²) in [4.78, 5) is 35.9. The Bertz CT molecular complexity index is 1390. The molecule has 0 saturated heterocycles. The minimum absolute atomic E-state index is 0.00447. The van der Waals surface area contributed by atoms with Gasteiger partial charge in [0.05, 0.1) is 11.3 Å². The lowest BCUT2D eigenvalue weighted by Gasteiger charge is -2.59. The highest BCUT2D eigenvalue weighted by molar-refractivity contribution is 6.18. The van der Waals surface area contributed by atoms with Gasteiger partial charge in [0.25, 0.3) is 5.91 Å². The van der Waals surface area contributed by atoms with Crippen molar-refractivity contribution in [3.63, 3.8) is 0 Å². The molecule has 0 unspecified atom stereocenters. The standard InChI is InChI=1S/C26H23F2N3O3/c1-25(2)13-31(23(32)15-5-6-18(27)19(28)8-15)12-17(24(33)34-26-9-14(10-26)11-26)21-20(25)16-4-3-7-29-22(16)30-21/h3-8,12,14H,9-11,13H2,1-2H3,(H,29,30). The number of carbonyl (C=O) groups excluding carboxylic acids is 2. The van der Waals surface area contributed by atoms with E-state index in [1.54, 1.807) is 6.20 Å². The maximum atomic E-state index is 13.9. The van der Waals surface area contributed by atoms with Crippen molar-refractivity contribution in [3.05, 3.63) is 71.2 Å². The Morgan fingerprint density at radius 2 is 1.91 bits per heavy atom. The van der Waals surface area contributed by atoms with Gasteiger partial charge in [-0.3, -0.25) is 4.79 Å². The Labute approximate surface area is 194 Å². The van der Waals surface area contributed by atoms with E-state index in [4.69, 9.17) is 4.74 Å². The number of amides is 1. The molecule has 34 heavy (non-hydrogen) atoms. The number of esters is 1. The van der Waals surface area contributed by atoms with Gasteiger partial charge in [-0.1, -0.05) is 13.8 Å². The van der Waals surface area contributed by atoms with Crippen molar-refractivity contribution >= 4 is 28.5 Å². The quantitative estimate of drug-likeness (QED) is 0.571. The largest absolute Gasteiger partial charge is 0.455 e. The first-order chi connectivity index (χ1) is 16.2. The third kappa shape index (κ3) is 3.08. The number of aromatic nitrogens is 2. The molecule has 4 aliphatic rings. The van der Waals surface area contributed by atoms with Crippen LogP contribution in [0.1, 0.15) is 54.7 Å². The summed E-state index contributed by atoms with van der Waals surface area (Å²) >= 11 is 0. The summed E-state index contributed by atoms with van der Waals surface area (Å²) in [6.45, 7) is 4.16. The Morgan fingerprint density at radius 3 is 2.59 bits per heavy atom. The van der Waals surface area contributed by atoms with Gasteiger partial charge in [-0.05, 0) is 61.1 Å². The third-order valence-corrected chi connectivity index (χ3v) is 7.31. The van der Waals surface area contributed by atoms with Gasteiger partial charge in [0, 0.05) is 35.3 Å². The van der Waals surface area contributed by atoms with Crippen LogP contribution in [0.4, 0.5) is 8.78 Å². The number of H-pyrrole nitrogens is 1. The summed E-state index contributed by atoms with van der Waals surface area (Å²) in [5.41, 5.74) is 1.29. The number of pyridine rings is 1. The molecule has 1 N–H and O–H groups in total. The summed E-state index contributed by atoms with van der Waals surface area (Å²) in [6.07, 6.45) is 5.76. The normalized spacial score (nSPS) is 24.4. The number of fused-ring (bicyclic) bond motifs is 3. The Balaban J connectivity index is 1.47. The van der Waals surface area contributed by atoms with E-state index >= 15 is 0 Å². The Hall–Kier alpha value is -3.55. The molecule has 174 valence electrons. The number of hydrogen-bond donors (Lipinski definition) is 1. The van der Waals surface area contributed by atoms with Crippen LogP contribution in [0, 0.1) is 17.6 Å². The molecule has 3 aromatic rings. The maximum Gasteiger partial charge on any atom is 0.342 e. The summed E-state index contributed by atoms with van der Waals surface area (Å²) in [6, 6.07) is 6.79. The predicted molar refractivity (Wildman–Crippen MR) is 121 cm³/mol. The summed E-state index contributed by atoms with van der Waals surface area (Å²) in [5.74, 6) is -2.54. The molecule has 8 heteroatoms. The van der Waals surface area contributed by atoms with Crippen molar-refractivity contribution in [2.75, 3.05) is 6.54 Å². The first kappa shape index (κ1) is 21.0. The second kappa shape index (κ2) is 6.98. The fraction of sp³-hybridized carbons (Fsp3) is 0.346. The first-order valence-electron chi connectivity index (χ1n) is 11.3. The molecule has 0 radical (unpaired) electrons. The van der Waals surface area contributed by atoms with Crippen molar-refractivity contribution < 1.29 is 23.1 Å². The third-order valence-electron chi connectivity index (χ3n) is 7.31. The van der Waals surface area contributed by atoms with Gasteiger partial charge in [-0.15, -0.1) is 0 Å². The molecular weight excluding hydrogens is 440 g/mol. The van der Waals surface area contributed by atoms with Gasteiger partial charge < -0.3 is 14.6 Å². The topological polar surface area (TPSA) is 75.3 Å². The van der Waals surface area contributed by atoms with Crippen LogP contribution in [0.25, 0.3) is 16.6 Å². The van der Waals surface area contributed by atoms with Crippen LogP contribution >= 0.6 is 0 Å². The number of nitrogens with zero attached hydrogens (tertiary/aromatic N) is 2. The Kier molecular flexibility index (Phi) is 4.31. The molecule has 2 bridgehead atoms. The van der Waals surface area contributed by atoms with Crippen molar-refractivity contribution in [1.29, 1.82) is 0 Å². The van der Waals surface area contributed by atoms with Gasteiger partial charge >= 0.3 is 5.97 Å². The van der Waals surface area contributed by atoms with Gasteiger partial charge in [0.1, 0.15) is 11.2 Å². The lowest BCUT2D eigenvalue weighted by atomic mass is 9.52. The van der Waals surface area contributed by atoms with Crippen LogP contribution in [0.2, 0.25) is 0 Å². The second-order valence-electron chi connectivity index (χ2n) is 10.3. The van der Waals surface area contributed by atoms with E-state index in [0.717, 1.165) is 42.3 Å². The van der Waals surface area contributed by atoms with Crippen LogP contribution in [0.3, 0.4) is 0 Å². The number of hydrogen-bond acceptors (Lipinski definition) is 4. The fourth-order valence-electron chi connectivity index (χ4n) is 5.55. The summed E-state index contributed by atoms with van der Waals surface area (Å²) in [5, 5.41) is 0.855. The van der Waals surface area contributed by atoms with Crippen molar-refractivity contribution in [1.82, 2.24) is 14.9 Å². The number of ether oxygens (including phenoxy) is 1. The number of carbonyl (C=O) groups is 2. The molecule has 3 saturated carbocycles. The van der Waals surface area contributed by atoms with Gasteiger partial charge in [0.2, 0.25) is 0 Å². The van der Waals surface area contributed by atoms with E-state index < -0.39 is 34.5 Å². The SMILES string of the molecule is CC1(C)CN(C(=O)c2ccc(F)c(F)c2)C=C(C(=O)OC23CC(C2)C3)c2[nH]c3ncccc3c21. The highest BCUT2D eigenvalue weighted by atomic mass is 19.2. The molecule has 7 rings (SSSR count). The van der Waals surface area contributed by atoms with Crippen LogP contribution < -0.4 is 0 Å². The smallest absolute Gasteiger partial charge is 0.342 e. The van der Waals surface area contributed by atoms with Gasteiger partial charge in [-0.2, -0.15) is 0 Å². The maximum absolute atomic E-state index is 13.9. The number of rotatable bonds is 3. The van der Waals surface area contributed by atoms with Crippen LogP contribution in [-0.2, 0) is 14.9 Å². The second-order valence-corrected chi connectivity index (χ2v) is 10.3. The highest BCUT2D eigenvalue weighted by Crippen LogP contribution is 2.60. The molecule has 3 fully saturated rings. The number of halogens is 2. The van der Waals surface area contributed by atoms with E-state index in [1.165, 1.54) is 17.2 Å². The van der Waals surface area contributed by atoms with E-state index in [1.807, 2.05) is 26.0 Å². The number of nitrogens with one attached hydrogen (secondary N) is 1. The average Bonchev–Trinajstić information content (AvgIpc) is 3.09. The van der Waals surface area contributed by atoms with Crippen LogP contribution in [-0.4, -0.2) is 38.9 Å². The molecule has 1 amide bonds. The van der Waals surface area contributed by atoms with Crippen molar-refractivity contribution in [3.8, 4) is 0 Å². The minimum atomic E-state index is -1.10. The molecule has 0 atom stereocenters. The lowest BCUT2D eigenvalue weighted by Crippen LogP contribution is -2.60. The molecular formula is C26H23F2N3O3. The number of aromatic amines is 1. The molecule has 2 aromatic heterocycles. The van der Waals surface area contributed by atoms with Gasteiger partial charge in [-0.25, -0.2) is 18.6 Å². The molecule has 1 aromatic carbocycles. The monoisotopic (exact) mass is 463 g/mol. The molecule has 3 aliphatic carbocycles. The molecule has 1 aliphatic heterocycles. The zero-order chi connectivity index (χ0) is 23.8. The van der Waals surface area contributed by atoms with Crippen molar-refractivity contribution in [2.45, 2.75) is 44.1 Å². The lowest BCUT2D eigenvalue weighted by molar-refractivity contribution is -0.219. The molecule has 3 heterocycles. The van der Waals surface area contributed by atoms with Crippen molar-refractivity contribution in [2.24, 2.45) is 5.92 Å². The van der Waals surface area contributed by atoms with E-state index in [0.29, 0.717) is 17.3 Å². The summed E-state index contributed by atoms with van der Waals surface area (Å²) < 4.78 is 33.3. The zero-order valence-corrected chi connectivity index (χ0v) is 18.8. The van der Waals surface area contributed by atoms with E-state index in [-0.39, 0.29) is 17.7 Å². The van der Waals surface area contributed by atoms with Crippen LogP contribution in [0.5, 0.6) is 0 Å². The zero-order valence-electron chi connectivity index (χ0n) is 18.8. The highest BCUT2D eigenvalue weighted by Gasteiger charge is 2.60.